The molecule has 0 heterocycles. The number of carboxylic acids is 1. The number of hydrogen-bond acceptors (Lipinski definition) is 3. The van der Waals surface area contributed by atoms with E-state index in [-0.39, 0.29) is 6.61 Å². The molecule has 94 valence electrons. The number of carboxylic acid groups (broad SMARTS) is 1. The van der Waals surface area contributed by atoms with Crippen LogP contribution in [0.25, 0.3) is 0 Å². The van der Waals surface area contributed by atoms with Gasteiger partial charge in [-0.1, -0.05) is 11.6 Å². The Balaban J connectivity index is 2.73. The van der Waals surface area contributed by atoms with Gasteiger partial charge >= 0.3 is 5.97 Å². The average molecular weight is 259 g/mol. The van der Waals surface area contributed by atoms with Gasteiger partial charge in [-0.3, -0.25) is 4.79 Å². The lowest BCUT2D eigenvalue weighted by atomic mass is 9.95. The van der Waals surface area contributed by atoms with Gasteiger partial charge in [-0.05, 0) is 26.0 Å². The summed E-state index contributed by atoms with van der Waals surface area (Å²) in [6, 6.07) is 4.97. The minimum atomic E-state index is -0.955. The summed E-state index contributed by atoms with van der Waals surface area (Å²) in [5, 5.41) is 9.33. The van der Waals surface area contributed by atoms with Crippen molar-refractivity contribution in [1.29, 1.82) is 0 Å². The number of halogens is 1. The van der Waals surface area contributed by atoms with E-state index >= 15 is 0 Å². The van der Waals surface area contributed by atoms with Crippen LogP contribution in [0.15, 0.2) is 18.2 Å². The first-order valence-electron chi connectivity index (χ1n) is 5.06. The fraction of sp³-hybridized carbons (Fsp3) is 0.417. The summed E-state index contributed by atoms with van der Waals surface area (Å²) < 4.78 is 10.4. The predicted octanol–water partition coefficient (Wildman–Crippen LogP) is 2.84. The minimum Gasteiger partial charge on any atom is -0.497 e. The van der Waals surface area contributed by atoms with Crippen LogP contribution in [0.5, 0.6) is 11.5 Å². The molecule has 0 bridgehead atoms. The maximum Gasteiger partial charge on any atom is 0.312 e. The summed E-state index contributed by atoms with van der Waals surface area (Å²) in [5.41, 5.74) is -0.955. The van der Waals surface area contributed by atoms with E-state index in [0.717, 1.165) is 0 Å². The Morgan fingerprint density at radius 3 is 2.59 bits per heavy atom. The van der Waals surface area contributed by atoms with Crippen LogP contribution in [-0.2, 0) is 4.79 Å². The van der Waals surface area contributed by atoms with Gasteiger partial charge in [0.05, 0.1) is 17.5 Å². The fourth-order valence-corrected chi connectivity index (χ4v) is 1.27. The van der Waals surface area contributed by atoms with Crippen molar-refractivity contribution in [3.63, 3.8) is 0 Å². The molecule has 0 amide bonds. The van der Waals surface area contributed by atoms with E-state index in [1.54, 1.807) is 39.2 Å². The van der Waals surface area contributed by atoms with Crippen molar-refractivity contribution in [2.45, 2.75) is 13.8 Å². The topological polar surface area (TPSA) is 55.8 Å². The SMILES string of the molecule is COc1ccc(OCC(C)(C)C(=O)O)c(Cl)c1. The highest BCUT2D eigenvalue weighted by Crippen LogP contribution is 2.30. The maximum absolute atomic E-state index is 10.9. The van der Waals surface area contributed by atoms with E-state index in [0.29, 0.717) is 16.5 Å². The quantitative estimate of drug-likeness (QED) is 0.882. The molecule has 5 heteroatoms. The Morgan fingerprint density at radius 2 is 2.12 bits per heavy atom. The van der Waals surface area contributed by atoms with Crippen LogP contribution < -0.4 is 9.47 Å². The van der Waals surface area contributed by atoms with Gasteiger partial charge in [0.1, 0.15) is 18.1 Å². The predicted molar refractivity (Wildman–Crippen MR) is 64.9 cm³/mol. The third kappa shape index (κ3) is 3.53. The van der Waals surface area contributed by atoms with E-state index in [4.69, 9.17) is 26.2 Å². The van der Waals surface area contributed by atoms with Crippen LogP contribution in [0.3, 0.4) is 0 Å². The Bertz CT molecular complexity index is 415. The van der Waals surface area contributed by atoms with Gasteiger partial charge in [-0.2, -0.15) is 0 Å². The second-order valence-electron chi connectivity index (χ2n) is 4.27. The molecule has 0 aromatic heterocycles. The Morgan fingerprint density at radius 1 is 1.47 bits per heavy atom. The summed E-state index contributed by atoms with van der Waals surface area (Å²) in [6.07, 6.45) is 0. The second-order valence-corrected chi connectivity index (χ2v) is 4.68. The molecular weight excluding hydrogens is 244 g/mol. The summed E-state index contributed by atoms with van der Waals surface area (Å²) in [6.45, 7) is 3.23. The van der Waals surface area contributed by atoms with Crippen molar-refractivity contribution in [3.05, 3.63) is 23.2 Å². The molecule has 0 atom stereocenters. The van der Waals surface area contributed by atoms with Crippen molar-refractivity contribution in [2.75, 3.05) is 13.7 Å². The number of ether oxygens (including phenoxy) is 2. The van der Waals surface area contributed by atoms with Gasteiger partial charge < -0.3 is 14.6 Å². The highest BCUT2D eigenvalue weighted by Gasteiger charge is 2.28. The molecule has 17 heavy (non-hydrogen) atoms. The molecular formula is C12H15ClO4. The van der Waals surface area contributed by atoms with Gasteiger partial charge in [-0.15, -0.1) is 0 Å². The molecule has 0 aliphatic rings. The molecule has 1 rings (SSSR count). The largest absolute Gasteiger partial charge is 0.497 e. The number of benzene rings is 1. The minimum absolute atomic E-state index is 0.0500. The van der Waals surface area contributed by atoms with Crippen LogP contribution in [0.1, 0.15) is 13.8 Å². The van der Waals surface area contributed by atoms with E-state index in [1.807, 2.05) is 0 Å². The Hall–Kier alpha value is -1.42. The van der Waals surface area contributed by atoms with Crippen LogP contribution in [0, 0.1) is 5.41 Å². The van der Waals surface area contributed by atoms with Crippen molar-refractivity contribution in [1.82, 2.24) is 0 Å². The number of aliphatic carboxylic acids is 1. The highest BCUT2D eigenvalue weighted by atomic mass is 35.5. The number of methoxy groups -OCH3 is 1. The van der Waals surface area contributed by atoms with Crippen LogP contribution in [0.2, 0.25) is 5.02 Å². The number of carbonyl (C=O) groups is 1. The van der Waals surface area contributed by atoms with Crippen molar-refractivity contribution in [3.8, 4) is 11.5 Å². The third-order valence-electron chi connectivity index (χ3n) is 2.31. The average Bonchev–Trinajstić information content (AvgIpc) is 2.27. The molecule has 0 spiro atoms. The van der Waals surface area contributed by atoms with Crippen molar-refractivity contribution in [2.24, 2.45) is 5.41 Å². The summed E-state index contributed by atoms with van der Waals surface area (Å²) in [5.74, 6) is 0.156. The van der Waals surface area contributed by atoms with Gasteiger partial charge in [0, 0.05) is 6.07 Å². The lowest BCUT2D eigenvalue weighted by molar-refractivity contribution is -0.148. The van der Waals surface area contributed by atoms with Gasteiger partial charge in [0.15, 0.2) is 0 Å². The lowest BCUT2D eigenvalue weighted by Crippen LogP contribution is -2.30. The van der Waals surface area contributed by atoms with Crippen molar-refractivity contribution < 1.29 is 19.4 Å². The monoisotopic (exact) mass is 258 g/mol. The van der Waals surface area contributed by atoms with Gasteiger partial charge in [0.25, 0.3) is 0 Å². The molecule has 1 aromatic rings. The smallest absolute Gasteiger partial charge is 0.312 e. The van der Waals surface area contributed by atoms with Crippen molar-refractivity contribution >= 4 is 17.6 Å². The molecule has 4 nitrogen and oxygen atoms in total. The molecule has 0 aliphatic carbocycles. The number of rotatable bonds is 5. The zero-order chi connectivity index (χ0) is 13.1. The first kappa shape index (κ1) is 13.6. The van der Waals surface area contributed by atoms with Crippen LogP contribution in [0.4, 0.5) is 0 Å². The van der Waals surface area contributed by atoms with Gasteiger partial charge in [0.2, 0.25) is 0 Å². The second kappa shape index (κ2) is 5.27. The number of hydrogen-bond donors (Lipinski definition) is 1. The standard InChI is InChI=1S/C12H15ClO4/c1-12(2,11(14)15)7-17-10-5-4-8(16-3)6-9(10)13/h4-6H,7H2,1-3H3,(H,14,15). The zero-order valence-corrected chi connectivity index (χ0v) is 10.7. The maximum atomic E-state index is 10.9. The summed E-state index contributed by atoms with van der Waals surface area (Å²) >= 11 is 5.96. The molecule has 0 saturated carbocycles. The lowest BCUT2D eigenvalue weighted by Gasteiger charge is -2.20. The summed E-state index contributed by atoms with van der Waals surface area (Å²) in [4.78, 5) is 10.9. The van der Waals surface area contributed by atoms with E-state index in [1.165, 1.54) is 0 Å². The molecule has 0 aliphatic heterocycles. The summed E-state index contributed by atoms with van der Waals surface area (Å²) in [7, 11) is 1.54. The highest BCUT2D eigenvalue weighted by molar-refractivity contribution is 6.32. The van der Waals surface area contributed by atoms with Crippen LogP contribution >= 0.6 is 11.6 Å². The van der Waals surface area contributed by atoms with E-state index < -0.39 is 11.4 Å². The third-order valence-corrected chi connectivity index (χ3v) is 2.60. The first-order chi connectivity index (χ1) is 7.86. The van der Waals surface area contributed by atoms with Gasteiger partial charge in [-0.25, -0.2) is 0 Å². The Labute approximate surface area is 105 Å². The molecule has 1 N–H and O–H groups in total. The molecule has 0 unspecified atom stereocenters. The zero-order valence-electron chi connectivity index (χ0n) is 9.99. The molecule has 0 saturated heterocycles. The first-order valence-corrected chi connectivity index (χ1v) is 5.44. The van der Waals surface area contributed by atoms with E-state index in [9.17, 15) is 4.79 Å². The molecule has 1 aromatic carbocycles. The van der Waals surface area contributed by atoms with E-state index in [2.05, 4.69) is 0 Å². The molecule has 0 fully saturated rings. The van der Waals surface area contributed by atoms with Crippen LogP contribution in [-0.4, -0.2) is 24.8 Å². The normalized spacial score (nSPS) is 11.1. The fourth-order valence-electron chi connectivity index (χ4n) is 1.05. The molecule has 0 radical (unpaired) electrons. The Kier molecular flexibility index (Phi) is 4.23.